The van der Waals surface area contributed by atoms with Gasteiger partial charge in [0, 0.05) is 31.7 Å². The molecule has 0 aliphatic carbocycles. The Morgan fingerprint density at radius 3 is 2.25 bits per heavy atom. The summed E-state index contributed by atoms with van der Waals surface area (Å²) in [7, 11) is 3.17. The van der Waals surface area contributed by atoms with Gasteiger partial charge in [-0.25, -0.2) is 0 Å². The van der Waals surface area contributed by atoms with Crippen LogP contribution in [-0.2, 0) is 11.2 Å². The quantitative estimate of drug-likeness (QED) is 0.798. The van der Waals surface area contributed by atoms with Gasteiger partial charge in [0.2, 0.25) is 5.91 Å². The standard InChI is InChI=1S/C22H26N2O4/c1-27-19-10-9-17(15-20(19)28-2)16-21(25)23-11-6-12-24(14-13-23)22(26)18-7-4-3-5-8-18/h3-5,7-10,15H,6,11-14,16H2,1-2H3. The Bertz CT molecular complexity index is 823. The Hall–Kier alpha value is -3.02. The predicted molar refractivity (Wildman–Crippen MR) is 107 cm³/mol. The van der Waals surface area contributed by atoms with E-state index in [0.717, 1.165) is 12.0 Å². The summed E-state index contributed by atoms with van der Waals surface area (Å²) < 4.78 is 10.6. The Kier molecular flexibility index (Phi) is 6.53. The van der Waals surface area contributed by atoms with E-state index >= 15 is 0 Å². The van der Waals surface area contributed by atoms with E-state index in [1.54, 1.807) is 14.2 Å². The molecule has 0 spiro atoms. The average Bonchev–Trinajstić information content (AvgIpc) is 3.00. The Labute approximate surface area is 165 Å². The third-order valence-corrected chi connectivity index (χ3v) is 4.96. The minimum absolute atomic E-state index is 0.0230. The molecule has 2 aromatic carbocycles. The van der Waals surface area contributed by atoms with Crippen molar-refractivity contribution in [1.82, 2.24) is 9.80 Å². The summed E-state index contributed by atoms with van der Waals surface area (Å²) in [6.07, 6.45) is 1.07. The van der Waals surface area contributed by atoms with Gasteiger partial charge >= 0.3 is 0 Å². The third kappa shape index (κ3) is 4.63. The molecule has 0 radical (unpaired) electrons. The van der Waals surface area contributed by atoms with Gasteiger partial charge in [0.1, 0.15) is 0 Å². The molecule has 0 unspecified atom stereocenters. The first kappa shape index (κ1) is 19.7. The van der Waals surface area contributed by atoms with E-state index in [-0.39, 0.29) is 11.8 Å². The van der Waals surface area contributed by atoms with E-state index in [9.17, 15) is 9.59 Å². The van der Waals surface area contributed by atoms with Gasteiger partial charge in [-0.1, -0.05) is 24.3 Å². The van der Waals surface area contributed by atoms with Crippen molar-refractivity contribution >= 4 is 11.8 Å². The highest BCUT2D eigenvalue weighted by molar-refractivity contribution is 5.94. The molecule has 3 rings (SSSR count). The van der Waals surface area contributed by atoms with E-state index in [2.05, 4.69) is 0 Å². The van der Waals surface area contributed by atoms with Gasteiger partial charge in [-0.3, -0.25) is 9.59 Å². The SMILES string of the molecule is COc1ccc(CC(=O)N2CCCN(C(=O)c3ccccc3)CC2)cc1OC. The number of carbonyl (C=O) groups is 2. The largest absolute Gasteiger partial charge is 0.493 e. The summed E-state index contributed by atoms with van der Waals surface area (Å²) >= 11 is 0. The van der Waals surface area contributed by atoms with Crippen LogP contribution in [0.1, 0.15) is 22.3 Å². The maximum atomic E-state index is 12.8. The second-order valence-electron chi connectivity index (χ2n) is 6.76. The monoisotopic (exact) mass is 382 g/mol. The molecule has 2 aromatic rings. The highest BCUT2D eigenvalue weighted by atomic mass is 16.5. The van der Waals surface area contributed by atoms with Crippen molar-refractivity contribution in [3.8, 4) is 11.5 Å². The molecule has 6 heteroatoms. The topological polar surface area (TPSA) is 59.1 Å². The molecule has 148 valence electrons. The van der Waals surface area contributed by atoms with Crippen LogP contribution < -0.4 is 9.47 Å². The van der Waals surface area contributed by atoms with Gasteiger partial charge in [-0.05, 0) is 36.2 Å². The Balaban J connectivity index is 1.61. The molecule has 1 fully saturated rings. The van der Waals surface area contributed by atoms with E-state index < -0.39 is 0 Å². The molecule has 1 heterocycles. The van der Waals surface area contributed by atoms with Gasteiger partial charge in [-0.15, -0.1) is 0 Å². The number of hydrogen-bond acceptors (Lipinski definition) is 4. The number of methoxy groups -OCH3 is 2. The smallest absolute Gasteiger partial charge is 0.253 e. The lowest BCUT2D eigenvalue weighted by Gasteiger charge is -2.22. The van der Waals surface area contributed by atoms with Crippen LogP contribution in [-0.4, -0.2) is 62.0 Å². The lowest BCUT2D eigenvalue weighted by Crippen LogP contribution is -2.38. The van der Waals surface area contributed by atoms with Crippen molar-refractivity contribution in [2.45, 2.75) is 12.8 Å². The van der Waals surface area contributed by atoms with Crippen LogP contribution in [0.2, 0.25) is 0 Å². The van der Waals surface area contributed by atoms with Crippen LogP contribution in [0.15, 0.2) is 48.5 Å². The molecule has 0 atom stereocenters. The Morgan fingerprint density at radius 1 is 0.857 bits per heavy atom. The van der Waals surface area contributed by atoms with Crippen LogP contribution in [0.4, 0.5) is 0 Å². The van der Waals surface area contributed by atoms with Crippen molar-refractivity contribution < 1.29 is 19.1 Å². The first-order chi connectivity index (χ1) is 13.6. The zero-order chi connectivity index (χ0) is 19.9. The van der Waals surface area contributed by atoms with E-state index in [1.165, 1.54) is 0 Å². The Morgan fingerprint density at radius 2 is 1.54 bits per heavy atom. The van der Waals surface area contributed by atoms with E-state index in [4.69, 9.17) is 9.47 Å². The van der Waals surface area contributed by atoms with Gasteiger partial charge in [-0.2, -0.15) is 0 Å². The fraction of sp³-hybridized carbons (Fsp3) is 0.364. The minimum Gasteiger partial charge on any atom is -0.493 e. The van der Waals surface area contributed by atoms with Crippen LogP contribution in [0.25, 0.3) is 0 Å². The lowest BCUT2D eigenvalue weighted by molar-refractivity contribution is -0.130. The molecule has 0 N–H and O–H groups in total. The molecule has 0 aromatic heterocycles. The van der Waals surface area contributed by atoms with Crippen molar-refractivity contribution in [2.24, 2.45) is 0 Å². The van der Waals surface area contributed by atoms with Crippen LogP contribution in [0.3, 0.4) is 0 Å². The summed E-state index contributed by atoms with van der Waals surface area (Å²) in [5.74, 6) is 1.34. The fourth-order valence-corrected chi connectivity index (χ4v) is 3.41. The second-order valence-corrected chi connectivity index (χ2v) is 6.76. The van der Waals surface area contributed by atoms with Gasteiger partial charge in [0.05, 0.1) is 20.6 Å². The molecule has 1 aliphatic heterocycles. The number of nitrogens with zero attached hydrogens (tertiary/aromatic N) is 2. The summed E-state index contributed by atoms with van der Waals surface area (Å²) in [5, 5.41) is 0. The maximum absolute atomic E-state index is 12.8. The molecule has 1 aliphatic rings. The van der Waals surface area contributed by atoms with Gasteiger partial charge in [0.15, 0.2) is 11.5 Å². The van der Waals surface area contributed by atoms with E-state index in [0.29, 0.717) is 49.7 Å². The third-order valence-electron chi connectivity index (χ3n) is 4.96. The zero-order valence-corrected chi connectivity index (χ0v) is 16.4. The molecule has 1 saturated heterocycles. The van der Waals surface area contributed by atoms with Gasteiger partial charge in [0.25, 0.3) is 5.91 Å². The minimum atomic E-state index is 0.0230. The molecule has 2 amide bonds. The van der Waals surface area contributed by atoms with Crippen molar-refractivity contribution in [1.29, 1.82) is 0 Å². The molecule has 0 bridgehead atoms. The van der Waals surface area contributed by atoms with Gasteiger partial charge < -0.3 is 19.3 Å². The maximum Gasteiger partial charge on any atom is 0.253 e. The number of ether oxygens (including phenoxy) is 2. The molecule has 6 nitrogen and oxygen atoms in total. The first-order valence-electron chi connectivity index (χ1n) is 9.45. The summed E-state index contributed by atoms with van der Waals surface area (Å²) in [6.45, 7) is 2.41. The highest BCUT2D eigenvalue weighted by Gasteiger charge is 2.23. The highest BCUT2D eigenvalue weighted by Crippen LogP contribution is 2.27. The average molecular weight is 382 g/mol. The summed E-state index contributed by atoms with van der Waals surface area (Å²) in [5.41, 5.74) is 1.57. The van der Waals surface area contributed by atoms with E-state index in [1.807, 2.05) is 58.3 Å². The van der Waals surface area contributed by atoms with Crippen molar-refractivity contribution in [2.75, 3.05) is 40.4 Å². The molecular formula is C22H26N2O4. The second kappa shape index (κ2) is 9.26. The number of carbonyl (C=O) groups excluding carboxylic acids is 2. The van der Waals surface area contributed by atoms with Crippen molar-refractivity contribution in [3.05, 3.63) is 59.7 Å². The number of hydrogen-bond donors (Lipinski definition) is 0. The molecular weight excluding hydrogens is 356 g/mol. The number of amides is 2. The first-order valence-corrected chi connectivity index (χ1v) is 9.45. The fourth-order valence-electron chi connectivity index (χ4n) is 3.41. The number of benzene rings is 2. The summed E-state index contributed by atoms with van der Waals surface area (Å²) in [6, 6.07) is 14.8. The molecule has 0 saturated carbocycles. The van der Waals surface area contributed by atoms with Crippen LogP contribution >= 0.6 is 0 Å². The van der Waals surface area contributed by atoms with Crippen LogP contribution in [0.5, 0.6) is 11.5 Å². The van der Waals surface area contributed by atoms with Crippen molar-refractivity contribution in [3.63, 3.8) is 0 Å². The molecule has 28 heavy (non-hydrogen) atoms. The lowest BCUT2D eigenvalue weighted by atomic mass is 10.1. The number of rotatable bonds is 5. The van der Waals surface area contributed by atoms with Crippen LogP contribution in [0, 0.1) is 0 Å². The normalized spacial score (nSPS) is 14.4. The zero-order valence-electron chi connectivity index (χ0n) is 16.4. The summed E-state index contributed by atoms with van der Waals surface area (Å²) in [4.78, 5) is 29.1. The predicted octanol–water partition coefficient (Wildman–Crippen LogP) is 2.62.